The van der Waals surface area contributed by atoms with E-state index < -0.39 is 38.7 Å². The number of aromatic nitrogens is 1. The van der Waals surface area contributed by atoms with Gasteiger partial charge in [0.05, 0.1) is 5.92 Å². The molecular formula is C12H13F3N2O4S. The van der Waals surface area contributed by atoms with Gasteiger partial charge in [-0.15, -0.1) is 0 Å². The molecule has 1 aromatic rings. The molecule has 1 aliphatic rings. The zero-order chi connectivity index (χ0) is 16.5. The zero-order valence-corrected chi connectivity index (χ0v) is 12.1. The van der Waals surface area contributed by atoms with E-state index in [1.165, 1.54) is 0 Å². The first-order valence-corrected chi connectivity index (χ1v) is 7.83. The van der Waals surface area contributed by atoms with Crippen LogP contribution in [-0.2, 0) is 21.0 Å². The highest BCUT2D eigenvalue weighted by Gasteiger charge is 2.42. The van der Waals surface area contributed by atoms with Crippen molar-refractivity contribution in [3.05, 3.63) is 24.0 Å². The first-order chi connectivity index (χ1) is 10.1. The Bertz CT molecular complexity index is 675. The summed E-state index contributed by atoms with van der Waals surface area (Å²) in [5.74, 6) is -2.09. The second-order valence-electron chi connectivity index (χ2n) is 4.89. The predicted octanol–water partition coefficient (Wildman–Crippen LogP) is 1.59. The standard InChI is InChI=1S/C12H13F3N2O4S/c13-12(14,15)10-9(4-1-5-16-10)22(20,21)17-6-2-3-8(7-17)11(18)19/h1,4-5,8H,2-3,6-7H2,(H,18,19). The van der Waals surface area contributed by atoms with Crippen LogP contribution in [0.15, 0.2) is 23.2 Å². The van der Waals surface area contributed by atoms with Gasteiger partial charge in [-0.05, 0) is 25.0 Å². The molecule has 0 radical (unpaired) electrons. The van der Waals surface area contributed by atoms with Crippen LogP contribution in [0.1, 0.15) is 18.5 Å². The third-order valence-electron chi connectivity index (χ3n) is 3.39. The molecule has 1 unspecified atom stereocenters. The van der Waals surface area contributed by atoms with E-state index in [4.69, 9.17) is 5.11 Å². The van der Waals surface area contributed by atoms with E-state index in [-0.39, 0.29) is 19.5 Å². The van der Waals surface area contributed by atoms with Crippen molar-refractivity contribution in [2.45, 2.75) is 23.9 Å². The maximum atomic E-state index is 12.9. The zero-order valence-electron chi connectivity index (χ0n) is 11.2. The molecule has 122 valence electrons. The quantitative estimate of drug-likeness (QED) is 0.904. The van der Waals surface area contributed by atoms with Crippen LogP contribution in [0, 0.1) is 5.92 Å². The van der Waals surface area contributed by atoms with E-state index in [2.05, 4.69) is 4.98 Å². The minimum Gasteiger partial charge on any atom is -0.481 e. The van der Waals surface area contributed by atoms with Gasteiger partial charge in [-0.2, -0.15) is 17.5 Å². The topological polar surface area (TPSA) is 87.6 Å². The SMILES string of the molecule is O=C(O)C1CCCN(S(=O)(=O)c2cccnc2C(F)(F)F)C1. The minimum atomic E-state index is -4.91. The summed E-state index contributed by atoms with van der Waals surface area (Å²) in [7, 11) is -4.45. The molecule has 10 heteroatoms. The fraction of sp³-hybridized carbons (Fsp3) is 0.500. The number of pyridine rings is 1. The van der Waals surface area contributed by atoms with Crippen molar-refractivity contribution in [2.24, 2.45) is 5.92 Å². The van der Waals surface area contributed by atoms with Crippen LogP contribution in [0.5, 0.6) is 0 Å². The Morgan fingerprint density at radius 1 is 1.41 bits per heavy atom. The molecule has 1 aromatic heterocycles. The Hall–Kier alpha value is -1.68. The normalized spacial score (nSPS) is 20.8. The lowest BCUT2D eigenvalue weighted by atomic mass is 10.0. The molecule has 0 aliphatic carbocycles. The number of piperidine rings is 1. The number of carbonyl (C=O) groups is 1. The maximum Gasteiger partial charge on any atom is 0.434 e. The van der Waals surface area contributed by atoms with Crippen molar-refractivity contribution in [2.75, 3.05) is 13.1 Å². The van der Waals surface area contributed by atoms with Crippen molar-refractivity contribution in [3.8, 4) is 0 Å². The van der Waals surface area contributed by atoms with Crippen LogP contribution in [0.25, 0.3) is 0 Å². The first kappa shape index (κ1) is 16.7. The molecule has 1 N–H and O–H groups in total. The lowest BCUT2D eigenvalue weighted by molar-refractivity contribution is -0.144. The molecule has 1 aliphatic heterocycles. The Morgan fingerprint density at radius 3 is 2.68 bits per heavy atom. The van der Waals surface area contributed by atoms with E-state index in [0.29, 0.717) is 6.42 Å². The molecule has 22 heavy (non-hydrogen) atoms. The van der Waals surface area contributed by atoms with Crippen LogP contribution >= 0.6 is 0 Å². The van der Waals surface area contributed by atoms with Gasteiger partial charge in [0.25, 0.3) is 0 Å². The summed E-state index contributed by atoms with van der Waals surface area (Å²) < 4.78 is 64.3. The lowest BCUT2D eigenvalue weighted by Crippen LogP contribution is -2.42. The van der Waals surface area contributed by atoms with Crippen LogP contribution in [0.3, 0.4) is 0 Å². The third-order valence-corrected chi connectivity index (χ3v) is 5.29. The summed E-state index contributed by atoms with van der Waals surface area (Å²) in [6, 6.07) is 1.93. The van der Waals surface area contributed by atoms with E-state index in [1.54, 1.807) is 0 Å². The summed E-state index contributed by atoms with van der Waals surface area (Å²) in [6.45, 7) is -0.359. The van der Waals surface area contributed by atoms with Gasteiger partial charge in [-0.3, -0.25) is 9.78 Å². The van der Waals surface area contributed by atoms with Crippen molar-refractivity contribution in [1.29, 1.82) is 0 Å². The van der Waals surface area contributed by atoms with E-state index >= 15 is 0 Å². The number of halogens is 3. The monoisotopic (exact) mass is 338 g/mol. The third kappa shape index (κ3) is 3.22. The van der Waals surface area contributed by atoms with Gasteiger partial charge in [-0.25, -0.2) is 8.42 Å². The van der Waals surface area contributed by atoms with Gasteiger partial charge in [-0.1, -0.05) is 0 Å². The molecule has 1 atom stereocenters. The minimum absolute atomic E-state index is 0.0156. The van der Waals surface area contributed by atoms with Gasteiger partial charge in [0.1, 0.15) is 4.90 Å². The first-order valence-electron chi connectivity index (χ1n) is 6.39. The van der Waals surface area contributed by atoms with Gasteiger partial charge >= 0.3 is 12.1 Å². The van der Waals surface area contributed by atoms with E-state index in [1.807, 2.05) is 0 Å². The molecule has 0 amide bonds. The Morgan fingerprint density at radius 2 is 2.09 bits per heavy atom. The van der Waals surface area contributed by atoms with Crippen LogP contribution in [0.4, 0.5) is 13.2 Å². The predicted molar refractivity (Wildman–Crippen MR) is 68.4 cm³/mol. The number of aliphatic carboxylic acids is 1. The molecule has 1 saturated heterocycles. The highest BCUT2D eigenvalue weighted by Crippen LogP contribution is 2.34. The number of hydrogen-bond donors (Lipinski definition) is 1. The largest absolute Gasteiger partial charge is 0.481 e. The maximum absolute atomic E-state index is 12.9. The van der Waals surface area contributed by atoms with Crippen LogP contribution < -0.4 is 0 Å². The van der Waals surface area contributed by atoms with Crippen molar-refractivity contribution in [3.63, 3.8) is 0 Å². The molecule has 0 spiro atoms. The average Bonchev–Trinajstić information content (AvgIpc) is 2.46. The summed E-state index contributed by atoms with van der Waals surface area (Å²) in [5.41, 5.74) is -1.49. The summed E-state index contributed by atoms with van der Waals surface area (Å²) in [4.78, 5) is 13.1. The van der Waals surface area contributed by atoms with Crippen molar-refractivity contribution in [1.82, 2.24) is 9.29 Å². The Balaban J connectivity index is 2.41. The number of carboxylic acid groups (broad SMARTS) is 1. The summed E-state index contributed by atoms with van der Waals surface area (Å²) >= 11 is 0. The molecule has 1 fully saturated rings. The molecule has 0 saturated carbocycles. The number of nitrogens with zero attached hydrogens (tertiary/aromatic N) is 2. The van der Waals surface area contributed by atoms with Crippen LogP contribution in [0.2, 0.25) is 0 Å². The number of carboxylic acids is 1. The molecule has 0 aromatic carbocycles. The molecule has 0 bridgehead atoms. The highest BCUT2D eigenvalue weighted by molar-refractivity contribution is 7.89. The van der Waals surface area contributed by atoms with Gasteiger partial charge in [0, 0.05) is 19.3 Å². The van der Waals surface area contributed by atoms with E-state index in [0.717, 1.165) is 22.6 Å². The van der Waals surface area contributed by atoms with Crippen molar-refractivity contribution >= 4 is 16.0 Å². The summed E-state index contributed by atoms with van der Waals surface area (Å²) in [6.07, 6.45) is -3.48. The fourth-order valence-electron chi connectivity index (χ4n) is 2.31. The molecule has 2 rings (SSSR count). The lowest BCUT2D eigenvalue weighted by Gasteiger charge is -2.30. The summed E-state index contributed by atoms with van der Waals surface area (Å²) in [5, 5.41) is 8.96. The van der Waals surface area contributed by atoms with Gasteiger partial charge < -0.3 is 5.11 Å². The number of alkyl halides is 3. The fourth-order valence-corrected chi connectivity index (χ4v) is 4.00. The molecule has 2 heterocycles. The number of sulfonamides is 1. The smallest absolute Gasteiger partial charge is 0.434 e. The van der Waals surface area contributed by atoms with Crippen molar-refractivity contribution < 1.29 is 31.5 Å². The molecule has 6 nitrogen and oxygen atoms in total. The Labute approximate surface area is 124 Å². The molecular weight excluding hydrogens is 325 g/mol. The highest BCUT2D eigenvalue weighted by atomic mass is 32.2. The number of rotatable bonds is 3. The van der Waals surface area contributed by atoms with Gasteiger partial charge in [0.15, 0.2) is 5.69 Å². The van der Waals surface area contributed by atoms with Gasteiger partial charge in [0.2, 0.25) is 10.0 Å². The van der Waals surface area contributed by atoms with Crippen LogP contribution in [-0.4, -0.2) is 41.9 Å². The number of hydrogen-bond acceptors (Lipinski definition) is 4. The Kier molecular flexibility index (Phi) is 4.43. The second kappa shape index (κ2) is 5.84. The van der Waals surface area contributed by atoms with E-state index in [9.17, 15) is 26.4 Å². The average molecular weight is 338 g/mol. The second-order valence-corrected chi connectivity index (χ2v) is 6.79.